The van der Waals surface area contributed by atoms with Crippen molar-refractivity contribution in [2.45, 2.75) is 63.4 Å². The van der Waals surface area contributed by atoms with Crippen LogP contribution < -0.4 is 10.1 Å². The van der Waals surface area contributed by atoms with Gasteiger partial charge in [-0.15, -0.1) is 0 Å². The summed E-state index contributed by atoms with van der Waals surface area (Å²) in [6.07, 6.45) is 7.15. The van der Waals surface area contributed by atoms with Crippen LogP contribution in [-0.4, -0.2) is 56.0 Å². The van der Waals surface area contributed by atoms with Crippen LogP contribution in [-0.2, 0) is 27.3 Å². The molecule has 1 spiro atoms. The van der Waals surface area contributed by atoms with Crippen molar-refractivity contribution in [3.8, 4) is 5.75 Å². The molecule has 2 fully saturated rings. The lowest BCUT2D eigenvalue weighted by molar-refractivity contribution is -0.231. The normalized spacial score (nSPS) is 21.6. The van der Waals surface area contributed by atoms with Gasteiger partial charge in [0.05, 0.1) is 13.2 Å². The van der Waals surface area contributed by atoms with Gasteiger partial charge in [0.25, 0.3) is 0 Å². The Morgan fingerprint density at radius 3 is 2.86 bits per heavy atom. The third-order valence-electron chi connectivity index (χ3n) is 6.33. The highest BCUT2D eigenvalue weighted by Crippen LogP contribution is 2.39. The van der Waals surface area contributed by atoms with Gasteiger partial charge in [0.15, 0.2) is 0 Å². The van der Waals surface area contributed by atoms with Gasteiger partial charge in [0.1, 0.15) is 5.75 Å². The zero-order valence-electron chi connectivity index (χ0n) is 16.9. The molecule has 2 heterocycles. The maximum Gasteiger partial charge on any atom is 0.220 e. The average Bonchev–Trinajstić information content (AvgIpc) is 2.67. The highest BCUT2D eigenvalue weighted by Gasteiger charge is 2.42. The zero-order chi connectivity index (χ0) is 19.4. The van der Waals surface area contributed by atoms with E-state index in [0.29, 0.717) is 32.6 Å². The Morgan fingerprint density at radius 2 is 2.14 bits per heavy atom. The molecule has 1 aliphatic carbocycles. The number of methoxy groups -OCH3 is 1. The smallest absolute Gasteiger partial charge is 0.220 e. The van der Waals surface area contributed by atoms with Gasteiger partial charge in [0.2, 0.25) is 11.7 Å². The van der Waals surface area contributed by atoms with Gasteiger partial charge in [-0.2, -0.15) is 0 Å². The van der Waals surface area contributed by atoms with Crippen LogP contribution in [0.25, 0.3) is 0 Å². The molecule has 0 atom stereocenters. The number of piperidine rings is 1. The molecule has 28 heavy (non-hydrogen) atoms. The third-order valence-corrected chi connectivity index (χ3v) is 6.33. The fourth-order valence-corrected chi connectivity index (χ4v) is 4.31. The van der Waals surface area contributed by atoms with Crippen LogP contribution in [0.1, 0.15) is 49.7 Å². The molecule has 1 aromatic rings. The minimum atomic E-state index is -0.448. The monoisotopic (exact) mass is 388 g/mol. The van der Waals surface area contributed by atoms with Gasteiger partial charge >= 0.3 is 0 Å². The molecule has 0 unspecified atom stereocenters. The van der Waals surface area contributed by atoms with Crippen molar-refractivity contribution in [2.24, 2.45) is 0 Å². The summed E-state index contributed by atoms with van der Waals surface area (Å²) in [5.74, 6) is 0.548. The number of carbonyl (C=O) groups excluding carboxylic acids is 1. The molecule has 6 nitrogen and oxygen atoms in total. The van der Waals surface area contributed by atoms with Crippen LogP contribution in [0.4, 0.5) is 0 Å². The van der Waals surface area contributed by atoms with E-state index in [1.165, 1.54) is 19.3 Å². The van der Waals surface area contributed by atoms with Crippen molar-refractivity contribution in [1.82, 2.24) is 10.2 Å². The molecular weight excluding hydrogens is 356 g/mol. The molecule has 1 amide bonds. The lowest BCUT2D eigenvalue weighted by Gasteiger charge is -2.47. The topological polar surface area (TPSA) is 60.0 Å². The van der Waals surface area contributed by atoms with Crippen LogP contribution in [0.15, 0.2) is 18.2 Å². The van der Waals surface area contributed by atoms with Crippen LogP contribution in [0.5, 0.6) is 5.75 Å². The molecule has 1 N–H and O–H groups in total. The number of ether oxygens (including phenoxy) is 3. The minimum Gasteiger partial charge on any atom is -0.462 e. The summed E-state index contributed by atoms with van der Waals surface area (Å²) < 4.78 is 17.5. The lowest BCUT2D eigenvalue weighted by Crippen LogP contribution is -2.54. The molecule has 1 saturated heterocycles. The third kappa shape index (κ3) is 4.50. The highest BCUT2D eigenvalue weighted by atomic mass is 16.7. The number of likely N-dealkylation sites (tertiary alicyclic amines) is 1. The first-order valence-corrected chi connectivity index (χ1v) is 10.6. The van der Waals surface area contributed by atoms with E-state index in [1.54, 1.807) is 7.11 Å². The Morgan fingerprint density at radius 1 is 1.32 bits per heavy atom. The van der Waals surface area contributed by atoms with Crippen LogP contribution in [0.3, 0.4) is 0 Å². The SMILES string of the molecule is COCCNC(=O)CCc1ccc2c(c1)COC1(CCN(C3CCC3)CC1)O2. The summed E-state index contributed by atoms with van der Waals surface area (Å²) in [4.78, 5) is 14.5. The number of amides is 1. The number of rotatable bonds is 7. The maximum atomic E-state index is 11.9. The van der Waals surface area contributed by atoms with E-state index in [4.69, 9.17) is 14.2 Å². The summed E-state index contributed by atoms with van der Waals surface area (Å²) in [6.45, 7) is 3.82. The summed E-state index contributed by atoms with van der Waals surface area (Å²) in [6, 6.07) is 7.04. The summed E-state index contributed by atoms with van der Waals surface area (Å²) in [5.41, 5.74) is 2.23. The van der Waals surface area contributed by atoms with Gasteiger partial charge in [-0.1, -0.05) is 12.5 Å². The number of nitrogens with zero attached hydrogens (tertiary/aromatic N) is 1. The fraction of sp³-hybridized carbons (Fsp3) is 0.682. The van der Waals surface area contributed by atoms with E-state index >= 15 is 0 Å². The Labute approximate surface area is 167 Å². The first-order chi connectivity index (χ1) is 13.7. The number of hydrogen-bond donors (Lipinski definition) is 1. The molecule has 3 aliphatic rings. The number of carbonyl (C=O) groups is 1. The van der Waals surface area contributed by atoms with Gasteiger partial charge in [-0.25, -0.2) is 0 Å². The van der Waals surface area contributed by atoms with Gasteiger partial charge in [-0.05, 0) is 37.0 Å². The molecule has 6 heteroatoms. The molecule has 4 rings (SSSR count). The molecule has 1 saturated carbocycles. The molecule has 154 valence electrons. The second-order valence-electron chi connectivity index (χ2n) is 8.21. The minimum absolute atomic E-state index is 0.0550. The van der Waals surface area contributed by atoms with E-state index < -0.39 is 5.79 Å². The van der Waals surface area contributed by atoms with E-state index in [0.717, 1.165) is 48.8 Å². The van der Waals surface area contributed by atoms with Crippen molar-refractivity contribution in [1.29, 1.82) is 0 Å². The highest BCUT2D eigenvalue weighted by molar-refractivity contribution is 5.76. The quantitative estimate of drug-likeness (QED) is 0.728. The number of fused-ring (bicyclic) bond motifs is 1. The van der Waals surface area contributed by atoms with Gasteiger partial charge < -0.3 is 19.5 Å². The van der Waals surface area contributed by atoms with Crippen LogP contribution in [0.2, 0.25) is 0 Å². The van der Waals surface area contributed by atoms with Crippen molar-refractivity contribution in [2.75, 3.05) is 33.4 Å². The van der Waals surface area contributed by atoms with E-state index in [9.17, 15) is 4.79 Å². The number of hydrogen-bond acceptors (Lipinski definition) is 5. The average molecular weight is 389 g/mol. The number of benzene rings is 1. The standard InChI is InChI=1S/C22H32N2O4/c1-26-14-11-23-21(25)8-6-17-5-7-20-18(15-17)16-27-22(28-20)9-12-24(13-10-22)19-3-2-4-19/h5,7,15,19H,2-4,6,8-14,16H2,1H3,(H,23,25). The zero-order valence-corrected chi connectivity index (χ0v) is 16.9. The molecular formula is C22H32N2O4. The van der Waals surface area contributed by atoms with E-state index in [2.05, 4.69) is 28.4 Å². The van der Waals surface area contributed by atoms with E-state index in [-0.39, 0.29) is 5.91 Å². The summed E-state index contributed by atoms with van der Waals surface area (Å²) >= 11 is 0. The molecule has 0 radical (unpaired) electrons. The van der Waals surface area contributed by atoms with Crippen molar-refractivity contribution >= 4 is 5.91 Å². The molecule has 1 aromatic carbocycles. The predicted molar refractivity (Wildman–Crippen MR) is 106 cm³/mol. The Balaban J connectivity index is 1.29. The van der Waals surface area contributed by atoms with Crippen molar-refractivity contribution in [3.05, 3.63) is 29.3 Å². The second-order valence-corrected chi connectivity index (χ2v) is 8.21. The largest absolute Gasteiger partial charge is 0.462 e. The maximum absolute atomic E-state index is 11.9. The molecule has 0 aromatic heterocycles. The first kappa shape index (κ1) is 19.7. The predicted octanol–water partition coefficient (Wildman–Crippen LogP) is 2.64. The lowest BCUT2D eigenvalue weighted by atomic mass is 9.89. The first-order valence-electron chi connectivity index (χ1n) is 10.6. The van der Waals surface area contributed by atoms with Gasteiger partial charge in [0, 0.05) is 57.6 Å². The van der Waals surface area contributed by atoms with E-state index in [1.807, 2.05) is 0 Å². The Kier molecular flexibility index (Phi) is 6.19. The van der Waals surface area contributed by atoms with Crippen LogP contribution in [0, 0.1) is 0 Å². The second kappa shape index (κ2) is 8.80. The number of nitrogens with one attached hydrogen (secondary N) is 1. The van der Waals surface area contributed by atoms with Crippen LogP contribution >= 0.6 is 0 Å². The fourth-order valence-electron chi connectivity index (χ4n) is 4.31. The van der Waals surface area contributed by atoms with Crippen molar-refractivity contribution < 1.29 is 19.0 Å². The Bertz CT molecular complexity index is 681. The van der Waals surface area contributed by atoms with Gasteiger partial charge in [-0.3, -0.25) is 9.69 Å². The molecule has 0 bridgehead atoms. The number of aryl methyl sites for hydroxylation is 1. The summed E-state index contributed by atoms with van der Waals surface area (Å²) in [5, 5.41) is 2.86. The molecule has 2 aliphatic heterocycles. The Hall–Kier alpha value is -1.63. The van der Waals surface area contributed by atoms with Crippen molar-refractivity contribution in [3.63, 3.8) is 0 Å². The summed E-state index contributed by atoms with van der Waals surface area (Å²) in [7, 11) is 1.63.